The molecule has 2 aliphatic heterocycles. The fourth-order valence-corrected chi connectivity index (χ4v) is 4.36. The molecule has 0 spiro atoms. The van der Waals surface area contributed by atoms with Gasteiger partial charge in [0.1, 0.15) is 5.82 Å². The summed E-state index contributed by atoms with van der Waals surface area (Å²) in [4.78, 5) is 33.3. The number of likely N-dealkylation sites (tertiary alicyclic amines) is 2. The van der Waals surface area contributed by atoms with Crippen LogP contribution in [0.2, 0.25) is 0 Å². The summed E-state index contributed by atoms with van der Waals surface area (Å²) in [6, 6.07) is 1.82. The van der Waals surface area contributed by atoms with E-state index in [9.17, 15) is 9.59 Å². The van der Waals surface area contributed by atoms with Crippen molar-refractivity contribution in [2.75, 3.05) is 26.2 Å². The monoisotopic (exact) mass is 371 g/mol. The molecule has 2 amide bonds. The largest absolute Gasteiger partial charge is 0.342 e. The Bertz CT molecular complexity index is 882. The average Bonchev–Trinajstić information content (AvgIpc) is 3.31. The van der Waals surface area contributed by atoms with Gasteiger partial charge in [-0.05, 0) is 26.3 Å². The van der Waals surface area contributed by atoms with Gasteiger partial charge in [-0.15, -0.1) is 0 Å². The van der Waals surface area contributed by atoms with E-state index in [1.807, 2.05) is 36.8 Å². The van der Waals surface area contributed by atoms with E-state index in [4.69, 9.17) is 0 Å². The van der Waals surface area contributed by atoms with Crippen molar-refractivity contribution in [2.45, 2.75) is 32.6 Å². The van der Waals surface area contributed by atoms with Gasteiger partial charge in [0.25, 0.3) is 5.91 Å². The van der Waals surface area contributed by atoms with Crippen molar-refractivity contribution in [1.29, 1.82) is 0 Å². The molecule has 2 saturated heterocycles. The normalized spacial score (nSPS) is 25.0. The number of aryl methyl sites for hydroxylation is 3. The molecule has 27 heavy (non-hydrogen) atoms. The number of piperidine rings is 1. The Morgan fingerprint density at radius 1 is 1.26 bits per heavy atom. The van der Waals surface area contributed by atoms with Crippen molar-refractivity contribution in [1.82, 2.24) is 34.8 Å². The number of aromatic nitrogens is 5. The second-order valence-corrected chi connectivity index (χ2v) is 7.79. The van der Waals surface area contributed by atoms with Crippen LogP contribution in [0.25, 0.3) is 0 Å². The average molecular weight is 371 g/mol. The number of aromatic amines is 1. The SMILES string of the molecule is CC(=O)N1C[C@H]2CN(C(=O)c3cc(C)n(C)n3)CC[C@@]2(c2n[nH]c(C)n2)C1. The molecule has 2 fully saturated rings. The molecule has 0 aromatic carbocycles. The minimum absolute atomic E-state index is 0.0502. The number of hydrogen-bond donors (Lipinski definition) is 1. The first-order chi connectivity index (χ1) is 12.8. The van der Waals surface area contributed by atoms with E-state index in [2.05, 4.69) is 20.3 Å². The topological polar surface area (TPSA) is 100 Å². The molecule has 144 valence electrons. The number of fused-ring (bicyclic) bond motifs is 1. The fourth-order valence-electron chi connectivity index (χ4n) is 4.36. The summed E-state index contributed by atoms with van der Waals surface area (Å²) in [5.74, 6) is 1.63. The molecule has 2 aromatic rings. The molecule has 9 nitrogen and oxygen atoms in total. The zero-order chi connectivity index (χ0) is 19.3. The molecule has 0 bridgehead atoms. The molecule has 0 aliphatic carbocycles. The van der Waals surface area contributed by atoms with E-state index < -0.39 is 0 Å². The van der Waals surface area contributed by atoms with Gasteiger partial charge in [-0.3, -0.25) is 19.4 Å². The number of rotatable bonds is 2. The smallest absolute Gasteiger partial charge is 0.274 e. The lowest BCUT2D eigenvalue weighted by molar-refractivity contribution is -0.128. The van der Waals surface area contributed by atoms with Gasteiger partial charge in [0.15, 0.2) is 11.5 Å². The standard InChI is InChI=1S/C18H25N7O2/c1-11-7-15(22-23(11)4)16(27)24-6-5-18(17-19-12(2)20-21-17)10-25(13(3)26)9-14(18)8-24/h7,14H,5-6,8-10H2,1-4H3,(H,19,20,21)/t14-,18-/m1/s1. The fraction of sp³-hybridized carbons (Fsp3) is 0.611. The molecule has 1 N–H and O–H groups in total. The third-order valence-corrected chi connectivity index (χ3v) is 6.07. The van der Waals surface area contributed by atoms with Crippen LogP contribution in [0.1, 0.15) is 41.2 Å². The maximum absolute atomic E-state index is 12.9. The number of amides is 2. The first-order valence-electron chi connectivity index (χ1n) is 9.25. The summed E-state index contributed by atoms with van der Waals surface area (Å²) in [5.41, 5.74) is 1.12. The Morgan fingerprint density at radius 2 is 2.00 bits per heavy atom. The summed E-state index contributed by atoms with van der Waals surface area (Å²) in [6.07, 6.45) is 0.732. The summed E-state index contributed by atoms with van der Waals surface area (Å²) in [7, 11) is 1.83. The summed E-state index contributed by atoms with van der Waals surface area (Å²) in [5, 5.41) is 11.7. The number of H-pyrrole nitrogens is 1. The van der Waals surface area contributed by atoms with Crippen molar-refractivity contribution in [3.05, 3.63) is 29.1 Å². The number of carbonyl (C=O) groups is 2. The zero-order valence-electron chi connectivity index (χ0n) is 16.2. The molecule has 0 radical (unpaired) electrons. The number of hydrogen-bond acceptors (Lipinski definition) is 5. The summed E-state index contributed by atoms with van der Waals surface area (Å²) < 4.78 is 1.71. The zero-order valence-corrected chi connectivity index (χ0v) is 16.2. The van der Waals surface area contributed by atoms with Crippen molar-refractivity contribution >= 4 is 11.8 Å². The van der Waals surface area contributed by atoms with E-state index in [0.29, 0.717) is 31.9 Å². The van der Waals surface area contributed by atoms with Crippen LogP contribution in [0, 0.1) is 19.8 Å². The Hall–Kier alpha value is -2.71. The molecule has 2 aromatic heterocycles. The maximum atomic E-state index is 12.9. The van der Waals surface area contributed by atoms with E-state index in [-0.39, 0.29) is 23.1 Å². The predicted molar refractivity (Wildman–Crippen MR) is 97.0 cm³/mol. The predicted octanol–water partition coefficient (Wildman–Crippen LogP) is 0.417. The highest BCUT2D eigenvalue weighted by Crippen LogP contribution is 2.44. The Balaban J connectivity index is 1.62. The van der Waals surface area contributed by atoms with Gasteiger partial charge < -0.3 is 9.80 Å². The van der Waals surface area contributed by atoms with Crippen molar-refractivity contribution < 1.29 is 9.59 Å². The van der Waals surface area contributed by atoms with Gasteiger partial charge in [0.2, 0.25) is 5.91 Å². The molecule has 2 atom stereocenters. The maximum Gasteiger partial charge on any atom is 0.274 e. The molecular formula is C18H25N7O2. The third kappa shape index (κ3) is 2.81. The third-order valence-electron chi connectivity index (χ3n) is 6.07. The second-order valence-electron chi connectivity index (χ2n) is 7.79. The van der Waals surface area contributed by atoms with Crippen LogP contribution in [-0.4, -0.2) is 72.8 Å². The lowest BCUT2D eigenvalue weighted by atomic mass is 9.72. The highest BCUT2D eigenvalue weighted by atomic mass is 16.2. The summed E-state index contributed by atoms with van der Waals surface area (Å²) in [6.45, 7) is 7.80. The quantitative estimate of drug-likeness (QED) is 0.825. The molecule has 4 heterocycles. The van der Waals surface area contributed by atoms with Crippen molar-refractivity contribution in [2.24, 2.45) is 13.0 Å². The van der Waals surface area contributed by atoms with Crippen molar-refractivity contribution in [3.8, 4) is 0 Å². The molecule has 4 rings (SSSR count). The van der Waals surface area contributed by atoms with Gasteiger partial charge in [-0.25, -0.2) is 4.98 Å². The summed E-state index contributed by atoms with van der Waals surface area (Å²) >= 11 is 0. The van der Waals surface area contributed by atoms with Crippen LogP contribution in [-0.2, 0) is 17.3 Å². The van der Waals surface area contributed by atoms with E-state index in [1.165, 1.54) is 0 Å². The van der Waals surface area contributed by atoms with E-state index >= 15 is 0 Å². The minimum Gasteiger partial charge on any atom is -0.342 e. The Labute approximate surface area is 157 Å². The van der Waals surface area contributed by atoms with E-state index in [0.717, 1.165) is 23.8 Å². The van der Waals surface area contributed by atoms with Crippen LogP contribution >= 0.6 is 0 Å². The van der Waals surface area contributed by atoms with Crippen molar-refractivity contribution in [3.63, 3.8) is 0 Å². The van der Waals surface area contributed by atoms with Crippen LogP contribution in [0.4, 0.5) is 0 Å². The lowest BCUT2D eigenvalue weighted by Crippen LogP contribution is -2.52. The second kappa shape index (κ2) is 6.17. The van der Waals surface area contributed by atoms with Crippen LogP contribution < -0.4 is 0 Å². The highest BCUT2D eigenvalue weighted by molar-refractivity contribution is 5.92. The molecule has 2 aliphatic rings. The van der Waals surface area contributed by atoms with Gasteiger partial charge >= 0.3 is 0 Å². The van der Waals surface area contributed by atoms with E-state index in [1.54, 1.807) is 11.6 Å². The minimum atomic E-state index is -0.298. The van der Waals surface area contributed by atoms with Crippen LogP contribution in [0.5, 0.6) is 0 Å². The van der Waals surface area contributed by atoms with Gasteiger partial charge in [-0.2, -0.15) is 10.2 Å². The molecule has 0 saturated carbocycles. The number of nitrogens with zero attached hydrogens (tertiary/aromatic N) is 6. The first kappa shape index (κ1) is 17.7. The molecule has 9 heteroatoms. The number of carbonyl (C=O) groups excluding carboxylic acids is 2. The van der Waals surface area contributed by atoms with Gasteiger partial charge in [0, 0.05) is 51.8 Å². The first-order valence-corrected chi connectivity index (χ1v) is 9.25. The lowest BCUT2D eigenvalue weighted by Gasteiger charge is -2.41. The Morgan fingerprint density at radius 3 is 2.59 bits per heavy atom. The van der Waals surface area contributed by atoms with Crippen LogP contribution in [0.3, 0.4) is 0 Å². The molecular weight excluding hydrogens is 346 g/mol. The number of nitrogens with one attached hydrogen (secondary N) is 1. The Kier molecular flexibility index (Phi) is 4.05. The highest BCUT2D eigenvalue weighted by Gasteiger charge is 2.54. The molecule has 0 unspecified atom stereocenters. The van der Waals surface area contributed by atoms with Gasteiger partial charge in [-0.1, -0.05) is 0 Å². The van der Waals surface area contributed by atoms with Crippen LogP contribution in [0.15, 0.2) is 6.07 Å². The van der Waals surface area contributed by atoms with Gasteiger partial charge in [0.05, 0.1) is 5.41 Å².